The Kier molecular flexibility index (Phi) is 1.77. The second-order valence-electron chi connectivity index (χ2n) is 2.85. The van der Waals surface area contributed by atoms with Crippen LogP contribution in [0.5, 0.6) is 0 Å². The van der Waals surface area contributed by atoms with Crippen LogP contribution in [0.2, 0.25) is 5.02 Å². The molecule has 0 aromatic heterocycles. The van der Waals surface area contributed by atoms with E-state index >= 15 is 0 Å². The summed E-state index contributed by atoms with van der Waals surface area (Å²) in [7, 11) is 0. The van der Waals surface area contributed by atoms with E-state index in [1.165, 1.54) is 5.56 Å². The van der Waals surface area contributed by atoms with Gasteiger partial charge in [-0.15, -0.1) is 0 Å². The molecule has 0 saturated heterocycles. The molecule has 1 N–H and O–H groups in total. The molecule has 1 aromatic rings. The third-order valence-electron chi connectivity index (χ3n) is 2.13. The highest BCUT2D eigenvalue weighted by molar-refractivity contribution is 6.30. The Morgan fingerprint density at radius 2 is 2.17 bits per heavy atom. The molecule has 0 saturated carbocycles. The number of oxime groups is 1. The molecule has 1 aliphatic rings. The van der Waals surface area contributed by atoms with Gasteiger partial charge in [0.25, 0.3) is 0 Å². The molecule has 2 nitrogen and oxygen atoms in total. The van der Waals surface area contributed by atoms with Crippen LogP contribution in [0.15, 0.2) is 23.4 Å². The molecule has 0 atom stereocenters. The smallest absolute Gasteiger partial charge is 0.0873 e. The Hall–Kier alpha value is -1.02. The Morgan fingerprint density at radius 3 is 2.92 bits per heavy atom. The molecule has 0 spiro atoms. The van der Waals surface area contributed by atoms with Crippen molar-refractivity contribution in [2.75, 3.05) is 0 Å². The Bertz CT molecular complexity index is 346. The predicted octanol–water partition coefficient (Wildman–Crippen LogP) is 2.46. The zero-order chi connectivity index (χ0) is 8.55. The normalized spacial score (nSPS) is 18.2. The molecule has 3 heteroatoms. The number of nitrogens with zero attached hydrogens (tertiary/aromatic N) is 1. The predicted molar refractivity (Wildman–Crippen MR) is 48.1 cm³/mol. The first-order valence-electron chi connectivity index (χ1n) is 3.81. The minimum absolute atomic E-state index is 0.743. The molecule has 0 bridgehead atoms. The molecular formula is C9H8ClNO. The minimum Gasteiger partial charge on any atom is -0.411 e. The van der Waals surface area contributed by atoms with E-state index in [2.05, 4.69) is 5.16 Å². The molecule has 0 unspecified atom stereocenters. The summed E-state index contributed by atoms with van der Waals surface area (Å²) in [5.74, 6) is 0. The summed E-state index contributed by atoms with van der Waals surface area (Å²) in [5.41, 5.74) is 2.97. The van der Waals surface area contributed by atoms with Crippen LogP contribution in [0, 0.1) is 0 Å². The minimum atomic E-state index is 0.743. The average Bonchev–Trinajstić information content (AvgIpc) is 2.46. The average molecular weight is 182 g/mol. The van der Waals surface area contributed by atoms with Crippen molar-refractivity contribution in [3.8, 4) is 0 Å². The first-order chi connectivity index (χ1) is 5.81. The maximum atomic E-state index is 8.64. The van der Waals surface area contributed by atoms with Crippen molar-refractivity contribution in [2.45, 2.75) is 12.8 Å². The molecule has 2 rings (SSSR count). The van der Waals surface area contributed by atoms with Gasteiger partial charge in [0.1, 0.15) is 0 Å². The first kappa shape index (κ1) is 7.62. The lowest BCUT2D eigenvalue weighted by molar-refractivity contribution is 0.318. The zero-order valence-corrected chi connectivity index (χ0v) is 7.17. The first-order valence-corrected chi connectivity index (χ1v) is 4.19. The van der Waals surface area contributed by atoms with Crippen molar-refractivity contribution in [3.05, 3.63) is 34.3 Å². The standard InChI is InChI=1S/C9H8ClNO/c10-7-2-3-8-6(5-7)1-4-9(8)11-12/h2-3,5,12H,1,4H2. The molecule has 0 radical (unpaired) electrons. The molecule has 1 aromatic carbocycles. The van der Waals surface area contributed by atoms with Gasteiger partial charge in [-0.2, -0.15) is 0 Å². The van der Waals surface area contributed by atoms with Gasteiger partial charge in [-0.3, -0.25) is 0 Å². The topological polar surface area (TPSA) is 32.6 Å². The number of fused-ring (bicyclic) bond motifs is 1. The maximum Gasteiger partial charge on any atom is 0.0873 e. The highest BCUT2D eigenvalue weighted by atomic mass is 35.5. The lowest BCUT2D eigenvalue weighted by Gasteiger charge is -1.97. The van der Waals surface area contributed by atoms with E-state index in [9.17, 15) is 0 Å². The Balaban J connectivity index is 2.55. The summed E-state index contributed by atoms with van der Waals surface area (Å²) in [6.07, 6.45) is 1.74. The van der Waals surface area contributed by atoms with Crippen LogP contribution in [0.1, 0.15) is 17.5 Å². The van der Waals surface area contributed by atoms with E-state index in [0.29, 0.717) is 0 Å². The number of hydrogen-bond donors (Lipinski definition) is 1. The Morgan fingerprint density at radius 1 is 1.33 bits per heavy atom. The van der Waals surface area contributed by atoms with E-state index in [4.69, 9.17) is 16.8 Å². The summed E-state index contributed by atoms with van der Waals surface area (Å²) in [5, 5.41) is 12.6. The van der Waals surface area contributed by atoms with E-state index in [1.807, 2.05) is 18.2 Å². The van der Waals surface area contributed by atoms with E-state index in [-0.39, 0.29) is 0 Å². The zero-order valence-electron chi connectivity index (χ0n) is 6.42. The number of benzene rings is 1. The molecule has 1 aliphatic carbocycles. The highest BCUT2D eigenvalue weighted by Crippen LogP contribution is 2.25. The fourth-order valence-electron chi connectivity index (χ4n) is 1.54. The molecule has 0 fully saturated rings. The van der Waals surface area contributed by atoms with Gasteiger partial charge in [0, 0.05) is 10.6 Å². The summed E-state index contributed by atoms with van der Waals surface area (Å²) in [6.45, 7) is 0. The monoisotopic (exact) mass is 181 g/mol. The van der Waals surface area contributed by atoms with E-state index < -0.39 is 0 Å². The van der Waals surface area contributed by atoms with Crippen molar-refractivity contribution >= 4 is 17.3 Å². The molecule has 0 aliphatic heterocycles. The van der Waals surface area contributed by atoms with Gasteiger partial charge >= 0.3 is 0 Å². The number of rotatable bonds is 0. The number of halogens is 1. The van der Waals surface area contributed by atoms with Crippen molar-refractivity contribution in [3.63, 3.8) is 0 Å². The quantitative estimate of drug-likeness (QED) is 0.484. The molecular weight excluding hydrogens is 174 g/mol. The van der Waals surface area contributed by atoms with Gasteiger partial charge in [0.2, 0.25) is 0 Å². The Labute approximate surface area is 75.5 Å². The van der Waals surface area contributed by atoms with Crippen LogP contribution in [0.25, 0.3) is 0 Å². The summed E-state index contributed by atoms with van der Waals surface area (Å²) < 4.78 is 0. The summed E-state index contributed by atoms with van der Waals surface area (Å²) >= 11 is 5.81. The lowest BCUT2D eigenvalue weighted by atomic mass is 10.1. The van der Waals surface area contributed by atoms with Gasteiger partial charge in [0.05, 0.1) is 5.71 Å². The van der Waals surface area contributed by atoms with Crippen LogP contribution in [0.4, 0.5) is 0 Å². The van der Waals surface area contributed by atoms with Gasteiger partial charge < -0.3 is 5.21 Å². The van der Waals surface area contributed by atoms with Crippen LogP contribution in [-0.2, 0) is 6.42 Å². The second-order valence-corrected chi connectivity index (χ2v) is 3.28. The molecule has 0 heterocycles. The van der Waals surface area contributed by atoms with Crippen LogP contribution in [-0.4, -0.2) is 10.9 Å². The van der Waals surface area contributed by atoms with Crippen LogP contribution >= 0.6 is 11.6 Å². The lowest BCUT2D eigenvalue weighted by Crippen LogP contribution is -1.92. The third kappa shape index (κ3) is 1.08. The van der Waals surface area contributed by atoms with Gasteiger partial charge in [0.15, 0.2) is 0 Å². The fourth-order valence-corrected chi connectivity index (χ4v) is 1.74. The van der Waals surface area contributed by atoms with E-state index in [1.54, 1.807) is 0 Å². The summed E-state index contributed by atoms with van der Waals surface area (Å²) in [4.78, 5) is 0. The van der Waals surface area contributed by atoms with Crippen LogP contribution in [0.3, 0.4) is 0 Å². The van der Waals surface area contributed by atoms with Crippen molar-refractivity contribution in [2.24, 2.45) is 5.16 Å². The third-order valence-corrected chi connectivity index (χ3v) is 2.37. The van der Waals surface area contributed by atoms with Gasteiger partial charge in [-0.25, -0.2) is 0 Å². The number of hydrogen-bond acceptors (Lipinski definition) is 2. The van der Waals surface area contributed by atoms with Crippen molar-refractivity contribution in [1.82, 2.24) is 0 Å². The molecule has 62 valence electrons. The van der Waals surface area contributed by atoms with Gasteiger partial charge in [-0.1, -0.05) is 22.8 Å². The fraction of sp³-hybridized carbons (Fsp3) is 0.222. The van der Waals surface area contributed by atoms with Crippen LogP contribution < -0.4 is 0 Å². The van der Waals surface area contributed by atoms with Crippen molar-refractivity contribution in [1.29, 1.82) is 0 Å². The molecule has 12 heavy (non-hydrogen) atoms. The SMILES string of the molecule is ON=C1CCc2cc(Cl)ccc21. The highest BCUT2D eigenvalue weighted by Gasteiger charge is 2.17. The maximum absolute atomic E-state index is 8.64. The largest absolute Gasteiger partial charge is 0.411 e. The number of aryl methyl sites for hydroxylation is 1. The second kappa shape index (κ2) is 2.79. The summed E-state index contributed by atoms with van der Waals surface area (Å²) in [6, 6.07) is 5.64. The van der Waals surface area contributed by atoms with E-state index in [0.717, 1.165) is 29.1 Å². The molecule has 0 amide bonds. The van der Waals surface area contributed by atoms with Gasteiger partial charge in [-0.05, 0) is 30.5 Å². The van der Waals surface area contributed by atoms with Crippen molar-refractivity contribution < 1.29 is 5.21 Å².